The lowest BCUT2D eigenvalue weighted by atomic mass is 10.2. The lowest BCUT2D eigenvalue weighted by Gasteiger charge is -2.10. The molecule has 2 aromatic rings. The molecule has 1 N–H and O–H groups in total. The largest absolute Gasteiger partial charge is 0.436 e. The van der Waals surface area contributed by atoms with Crippen LogP contribution in [-0.4, -0.2) is 11.0 Å². The second-order valence-electron chi connectivity index (χ2n) is 5.32. The minimum Gasteiger partial charge on any atom is -0.436 e. The van der Waals surface area contributed by atoms with Gasteiger partial charge in [-0.15, -0.1) is 0 Å². The first kappa shape index (κ1) is 14.8. The van der Waals surface area contributed by atoms with Crippen molar-refractivity contribution < 1.29 is 4.74 Å². The molecule has 0 radical (unpaired) electrons. The molecule has 0 unspecified atom stereocenters. The molecule has 1 saturated carbocycles. The van der Waals surface area contributed by atoms with Crippen LogP contribution < -0.4 is 10.1 Å². The number of nitrogens with zero attached hydrogens (tertiary/aromatic N) is 1. The van der Waals surface area contributed by atoms with Crippen LogP contribution in [0.2, 0.25) is 5.02 Å². The molecule has 1 aromatic heterocycles. The van der Waals surface area contributed by atoms with E-state index in [1.807, 2.05) is 31.2 Å². The lowest BCUT2D eigenvalue weighted by Crippen LogP contribution is -2.15. The summed E-state index contributed by atoms with van der Waals surface area (Å²) in [7, 11) is 0. The van der Waals surface area contributed by atoms with E-state index in [4.69, 9.17) is 16.3 Å². The zero-order valence-corrected chi connectivity index (χ0v) is 14.0. The molecule has 1 aromatic carbocycles. The van der Waals surface area contributed by atoms with Gasteiger partial charge >= 0.3 is 0 Å². The van der Waals surface area contributed by atoms with Crippen LogP contribution in [0.5, 0.6) is 11.6 Å². The molecular weight excluding hydrogens is 352 g/mol. The van der Waals surface area contributed by atoms with Crippen LogP contribution in [0, 0.1) is 6.92 Å². The summed E-state index contributed by atoms with van der Waals surface area (Å²) < 4.78 is 6.67. The molecule has 110 valence electrons. The number of aryl methyl sites for hydroxylation is 1. The van der Waals surface area contributed by atoms with E-state index in [1.54, 1.807) is 6.20 Å². The van der Waals surface area contributed by atoms with E-state index in [2.05, 4.69) is 26.2 Å². The highest BCUT2D eigenvalue weighted by Gasteiger charge is 2.20. The quantitative estimate of drug-likeness (QED) is 0.820. The van der Waals surface area contributed by atoms with Gasteiger partial charge in [0, 0.05) is 18.8 Å². The summed E-state index contributed by atoms with van der Waals surface area (Å²) in [6.07, 6.45) is 4.34. The fourth-order valence-electron chi connectivity index (χ4n) is 1.98. The van der Waals surface area contributed by atoms with Crippen molar-refractivity contribution in [2.75, 3.05) is 0 Å². The Labute approximate surface area is 137 Å². The van der Waals surface area contributed by atoms with Crippen molar-refractivity contribution in [2.24, 2.45) is 0 Å². The summed E-state index contributed by atoms with van der Waals surface area (Å²) in [5, 5.41) is 3.96. The molecule has 0 spiro atoms. The van der Waals surface area contributed by atoms with Gasteiger partial charge in [0.25, 0.3) is 0 Å². The number of hydrogen-bond donors (Lipinski definition) is 1. The van der Waals surface area contributed by atoms with Gasteiger partial charge < -0.3 is 10.1 Å². The summed E-state index contributed by atoms with van der Waals surface area (Å²) in [6, 6.07) is 8.46. The van der Waals surface area contributed by atoms with Gasteiger partial charge in [0.15, 0.2) is 0 Å². The van der Waals surface area contributed by atoms with Gasteiger partial charge in [0.05, 0.1) is 4.47 Å². The molecule has 0 atom stereocenters. The highest BCUT2D eigenvalue weighted by Crippen LogP contribution is 2.33. The van der Waals surface area contributed by atoms with Gasteiger partial charge in [0.1, 0.15) is 10.8 Å². The van der Waals surface area contributed by atoms with Crippen molar-refractivity contribution >= 4 is 27.5 Å². The Morgan fingerprint density at radius 3 is 2.86 bits per heavy atom. The number of hydrogen-bond acceptors (Lipinski definition) is 3. The SMILES string of the molecule is Cc1ccc(Oc2ncc(CNC3CC3)cc2Cl)c(Br)c1. The summed E-state index contributed by atoms with van der Waals surface area (Å²) in [4.78, 5) is 4.32. The molecule has 3 rings (SSSR count). The van der Waals surface area contributed by atoms with Crippen LogP contribution in [0.3, 0.4) is 0 Å². The Balaban J connectivity index is 1.72. The van der Waals surface area contributed by atoms with Crippen LogP contribution in [-0.2, 0) is 6.54 Å². The number of benzene rings is 1. The van der Waals surface area contributed by atoms with Crippen molar-refractivity contribution in [1.29, 1.82) is 0 Å². The van der Waals surface area contributed by atoms with Crippen LogP contribution in [0.4, 0.5) is 0 Å². The molecule has 0 bridgehead atoms. The Kier molecular flexibility index (Phi) is 4.48. The van der Waals surface area contributed by atoms with Crippen LogP contribution in [0.15, 0.2) is 34.9 Å². The molecule has 1 aliphatic carbocycles. The zero-order chi connectivity index (χ0) is 14.8. The first-order chi connectivity index (χ1) is 10.1. The van der Waals surface area contributed by atoms with Crippen LogP contribution in [0.1, 0.15) is 24.0 Å². The van der Waals surface area contributed by atoms with Crippen molar-refractivity contribution in [1.82, 2.24) is 10.3 Å². The number of nitrogens with one attached hydrogen (secondary N) is 1. The molecular formula is C16H16BrClN2O. The molecule has 5 heteroatoms. The van der Waals surface area contributed by atoms with Crippen molar-refractivity contribution in [3.8, 4) is 11.6 Å². The molecule has 0 saturated heterocycles. The fraction of sp³-hybridized carbons (Fsp3) is 0.312. The predicted molar refractivity (Wildman–Crippen MR) is 88.1 cm³/mol. The molecule has 0 amide bonds. The molecule has 1 aliphatic rings. The third kappa shape index (κ3) is 3.96. The topological polar surface area (TPSA) is 34.1 Å². The maximum Gasteiger partial charge on any atom is 0.238 e. The van der Waals surface area contributed by atoms with Gasteiger partial charge in [-0.1, -0.05) is 17.7 Å². The minimum atomic E-state index is 0.427. The number of ether oxygens (including phenoxy) is 1. The third-order valence-corrected chi connectivity index (χ3v) is 4.22. The lowest BCUT2D eigenvalue weighted by molar-refractivity contribution is 0.459. The van der Waals surface area contributed by atoms with Gasteiger partial charge in [-0.2, -0.15) is 0 Å². The molecule has 21 heavy (non-hydrogen) atoms. The van der Waals surface area contributed by atoms with Crippen LogP contribution in [0.25, 0.3) is 0 Å². The van der Waals surface area contributed by atoms with Crippen molar-refractivity contribution in [3.63, 3.8) is 0 Å². The molecule has 0 aliphatic heterocycles. The van der Waals surface area contributed by atoms with E-state index in [0.717, 1.165) is 22.1 Å². The number of aromatic nitrogens is 1. The van der Waals surface area contributed by atoms with Gasteiger partial charge in [0.2, 0.25) is 5.88 Å². The summed E-state index contributed by atoms with van der Waals surface area (Å²) in [5.74, 6) is 1.13. The third-order valence-electron chi connectivity index (χ3n) is 3.33. The minimum absolute atomic E-state index is 0.427. The van der Waals surface area contributed by atoms with Crippen LogP contribution >= 0.6 is 27.5 Å². The second kappa shape index (κ2) is 6.34. The van der Waals surface area contributed by atoms with E-state index in [1.165, 1.54) is 12.8 Å². The van der Waals surface area contributed by atoms with Crippen molar-refractivity contribution in [3.05, 3.63) is 51.1 Å². The first-order valence-electron chi connectivity index (χ1n) is 6.93. The summed E-state index contributed by atoms with van der Waals surface area (Å²) in [5.41, 5.74) is 2.23. The summed E-state index contributed by atoms with van der Waals surface area (Å²) in [6.45, 7) is 2.83. The normalized spacial score (nSPS) is 14.2. The highest BCUT2D eigenvalue weighted by atomic mass is 79.9. The Hall–Kier alpha value is -1.10. The molecule has 1 heterocycles. The summed E-state index contributed by atoms with van der Waals surface area (Å²) >= 11 is 9.75. The molecule has 3 nitrogen and oxygen atoms in total. The average molecular weight is 368 g/mol. The first-order valence-corrected chi connectivity index (χ1v) is 8.11. The molecule has 1 fully saturated rings. The van der Waals surface area contributed by atoms with Gasteiger partial charge in [-0.25, -0.2) is 4.98 Å². The van der Waals surface area contributed by atoms with E-state index in [0.29, 0.717) is 22.7 Å². The van der Waals surface area contributed by atoms with E-state index >= 15 is 0 Å². The zero-order valence-electron chi connectivity index (χ0n) is 11.7. The van der Waals surface area contributed by atoms with Gasteiger partial charge in [-0.3, -0.25) is 0 Å². The van der Waals surface area contributed by atoms with E-state index in [9.17, 15) is 0 Å². The standard InChI is InChI=1S/C16H16BrClN2O/c1-10-2-5-15(13(17)6-10)21-16-14(18)7-11(9-20-16)8-19-12-3-4-12/h2,5-7,9,12,19H,3-4,8H2,1H3. The Morgan fingerprint density at radius 2 is 2.19 bits per heavy atom. The highest BCUT2D eigenvalue weighted by molar-refractivity contribution is 9.10. The maximum atomic E-state index is 6.26. The Bertz CT molecular complexity index is 659. The number of rotatable bonds is 5. The van der Waals surface area contributed by atoms with Gasteiger partial charge in [-0.05, 0) is 65.0 Å². The smallest absolute Gasteiger partial charge is 0.238 e. The van der Waals surface area contributed by atoms with E-state index in [-0.39, 0.29) is 0 Å². The van der Waals surface area contributed by atoms with E-state index < -0.39 is 0 Å². The second-order valence-corrected chi connectivity index (χ2v) is 6.58. The number of pyridine rings is 1. The predicted octanol–water partition coefficient (Wildman–Crippen LogP) is 4.85. The number of halogens is 2. The van der Waals surface area contributed by atoms with Crippen molar-refractivity contribution in [2.45, 2.75) is 32.4 Å². The monoisotopic (exact) mass is 366 g/mol. The average Bonchev–Trinajstić information content (AvgIpc) is 3.26. The Morgan fingerprint density at radius 1 is 1.38 bits per heavy atom. The maximum absolute atomic E-state index is 6.26. The fourth-order valence-corrected chi connectivity index (χ4v) is 2.78.